The van der Waals surface area contributed by atoms with Crippen molar-refractivity contribution in [3.63, 3.8) is 0 Å². The molecule has 0 spiro atoms. The van der Waals surface area contributed by atoms with Crippen molar-refractivity contribution in [3.05, 3.63) is 47.3 Å². The highest BCUT2D eigenvalue weighted by Crippen LogP contribution is 2.43. The van der Waals surface area contributed by atoms with E-state index in [1.54, 1.807) is 6.07 Å². The first-order chi connectivity index (χ1) is 14.2. The highest BCUT2D eigenvalue weighted by molar-refractivity contribution is 5.95. The number of aromatic nitrogens is 2. The highest BCUT2D eigenvalue weighted by atomic mass is 19.4. The molecule has 5 nitrogen and oxygen atoms in total. The van der Waals surface area contributed by atoms with E-state index in [-0.39, 0.29) is 11.8 Å². The van der Waals surface area contributed by atoms with Crippen LogP contribution < -0.4 is 5.32 Å². The number of nitrogens with one attached hydrogen (secondary N) is 1. The van der Waals surface area contributed by atoms with Crippen LogP contribution in [0.3, 0.4) is 0 Å². The number of alkyl halides is 3. The second kappa shape index (κ2) is 8.06. The van der Waals surface area contributed by atoms with E-state index in [0.29, 0.717) is 35.4 Å². The molecule has 1 saturated heterocycles. The summed E-state index contributed by atoms with van der Waals surface area (Å²) in [7, 11) is 0. The molecule has 1 aliphatic heterocycles. The van der Waals surface area contributed by atoms with Crippen LogP contribution >= 0.6 is 0 Å². The molecule has 30 heavy (non-hydrogen) atoms. The van der Waals surface area contributed by atoms with Gasteiger partial charge in [-0.2, -0.15) is 18.3 Å². The molecule has 0 bridgehead atoms. The number of amides is 1. The van der Waals surface area contributed by atoms with E-state index in [1.807, 2.05) is 0 Å². The van der Waals surface area contributed by atoms with Crippen LogP contribution in [0.2, 0.25) is 0 Å². The first-order valence-electron chi connectivity index (χ1n) is 10.5. The number of hydrogen-bond donors (Lipinski definition) is 1. The summed E-state index contributed by atoms with van der Waals surface area (Å²) in [4.78, 5) is 15.3. The maximum absolute atomic E-state index is 13.1. The Morgan fingerprint density at radius 2 is 2.03 bits per heavy atom. The van der Waals surface area contributed by atoms with Gasteiger partial charge in [-0.05, 0) is 63.8 Å². The van der Waals surface area contributed by atoms with Crippen LogP contribution in [0.1, 0.15) is 60.6 Å². The van der Waals surface area contributed by atoms with Gasteiger partial charge in [0.2, 0.25) is 0 Å². The Morgan fingerprint density at radius 1 is 1.27 bits per heavy atom. The fourth-order valence-corrected chi connectivity index (χ4v) is 4.13. The number of likely N-dealkylation sites (tertiary alicyclic amines) is 1. The van der Waals surface area contributed by atoms with Crippen LogP contribution in [0.4, 0.5) is 13.2 Å². The summed E-state index contributed by atoms with van der Waals surface area (Å²) in [6.07, 6.45) is -0.0577. The van der Waals surface area contributed by atoms with E-state index in [0.717, 1.165) is 44.5 Å². The number of rotatable bonds is 6. The van der Waals surface area contributed by atoms with Gasteiger partial charge < -0.3 is 10.2 Å². The Labute approximate surface area is 174 Å². The van der Waals surface area contributed by atoms with E-state index in [1.165, 1.54) is 16.9 Å². The molecule has 162 valence electrons. The van der Waals surface area contributed by atoms with Crippen molar-refractivity contribution in [1.29, 1.82) is 0 Å². The van der Waals surface area contributed by atoms with Gasteiger partial charge in [-0.15, -0.1) is 0 Å². The molecule has 8 heteroatoms. The van der Waals surface area contributed by atoms with Gasteiger partial charge >= 0.3 is 6.18 Å². The molecule has 1 atom stereocenters. The van der Waals surface area contributed by atoms with Crippen molar-refractivity contribution >= 4 is 5.91 Å². The Balaban J connectivity index is 1.52. The van der Waals surface area contributed by atoms with Crippen LogP contribution in [0.25, 0.3) is 5.69 Å². The molecule has 1 aromatic carbocycles. The SMILES string of the molecule is CC(C)N1CCC(CNC(=O)c2cnn(-c3cccc(C(F)(F)F)c3)c2C2CC2)C1. The lowest BCUT2D eigenvalue weighted by Gasteiger charge is -2.20. The second-order valence-electron chi connectivity index (χ2n) is 8.63. The summed E-state index contributed by atoms with van der Waals surface area (Å²) in [5.74, 6) is 0.378. The largest absolute Gasteiger partial charge is 0.416 e. The number of benzene rings is 1. The van der Waals surface area contributed by atoms with Crippen LogP contribution in [-0.4, -0.2) is 46.3 Å². The van der Waals surface area contributed by atoms with Crippen LogP contribution in [0.15, 0.2) is 30.5 Å². The number of halogens is 3. The summed E-state index contributed by atoms with van der Waals surface area (Å²) >= 11 is 0. The molecule has 1 aliphatic carbocycles. The van der Waals surface area contributed by atoms with Crippen LogP contribution in [0.5, 0.6) is 0 Å². The van der Waals surface area contributed by atoms with E-state index in [9.17, 15) is 18.0 Å². The molecule has 2 aliphatic rings. The van der Waals surface area contributed by atoms with Gasteiger partial charge in [-0.3, -0.25) is 4.79 Å². The lowest BCUT2D eigenvalue weighted by molar-refractivity contribution is -0.137. The van der Waals surface area contributed by atoms with Gasteiger partial charge in [0.15, 0.2) is 0 Å². The Bertz CT molecular complexity index is 917. The minimum absolute atomic E-state index is 0.158. The zero-order chi connectivity index (χ0) is 21.5. The molecule has 2 aromatic rings. The maximum Gasteiger partial charge on any atom is 0.416 e. The Kier molecular flexibility index (Phi) is 5.61. The molecule has 4 rings (SSSR count). The van der Waals surface area contributed by atoms with E-state index >= 15 is 0 Å². The summed E-state index contributed by atoms with van der Waals surface area (Å²) < 4.78 is 40.8. The number of hydrogen-bond acceptors (Lipinski definition) is 3. The van der Waals surface area contributed by atoms with Gasteiger partial charge in [0.1, 0.15) is 0 Å². The zero-order valence-electron chi connectivity index (χ0n) is 17.2. The third-order valence-corrected chi connectivity index (χ3v) is 6.03. The summed E-state index contributed by atoms with van der Waals surface area (Å²) in [5, 5.41) is 7.31. The standard InChI is InChI=1S/C22H27F3N4O/c1-14(2)28-9-8-15(13-28)11-26-21(30)19-12-27-29(20(19)16-6-7-16)18-5-3-4-17(10-18)22(23,24)25/h3-5,10,12,14-16H,6-9,11,13H2,1-2H3,(H,26,30). The normalized spacial score (nSPS) is 20.1. The van der Waals surface area contributed by atoms with Crippen molar-refractivity contribution in [3.8, 4) is 5.69 Å². The molecule has 1 saturated carbocycles. The van der Waals surface area contributed by atoms with Gasteiger partial charge in [0.05, 0.1) is 28.7 Å². The van der Waals surface area contributed by atoms with Crippen molar-refractivity contribution < 1.29 is 18.0 Å². The third kappa shape index (κ3) is 4.38. The molecule has 1 amide bonds. The summed E-state index contributed by atoms with van der Waals surface area (Å²) in [5.41, 5.74) is 0.781. The fraction of sp³-hybridized carbons (Fsp3) is 0.545. The lowest BCUT2D eigenvalue weighted by Crippen LogP contribution is -2.33. The molecule has 0 radical (unpaired) electrons. The van der Waals surface area contributed by atoms with Gasteiger partial charge in [0.25, 0.3) is 5.91 Å². The Hall–Kier alpha value is -2.35. The average molecular weight is 420 g/mol. The molecule has 2 heterocycles. The molecule has 1 N–H and O–H groups in total. The van der Waals surface area contributed by atoms with Crippen molar-refractivity contribution in [1.82, 2.24) is 20.0 Å². The smallest absolute Gasteiger partial charge is 0.352 e. The first-order valence-corrected chi connectivity index (χ1v) is 10.5. The van der Waals surface area contributed by atoms with Crippen molar-refractivity contribution in [2.24, 2.45) is 5.92 Å². The van der Waals surface area contributed by atoms with Gasteiger partial charge in [-0.25, -0.2) is 4.68 Å². The molecule has 1 aromatic heterocycles. The first kappa shape index (κ1) is 20.9. The Morgan fingerprint density at radius 3 is 2.67 bits per heavy atom. The second-order valence-corrected chi connectivity index (χ2v) is 8.63. The van der Waals surface area contributed by atoms with Crippen molar-refractivity contribution in [2.45, 2.75) is 51.2 Å². The minimum atomic E-state index is -4.42. The number of nitrogens with zero attached hydrogens (tertiary/aromatic N) is 3. The zero-order valence-corrected chi connectivity index (χ0v) is 17.2. The summed E-state index contributed by atoms with van der Waals surface area (Å²) in [6.45, 7) is 6.95. The molecular weight excluding hydrogens is 393 g/mol. The maximum atomic E-state index is 13.1. The van der Waals surface area contributed by atoms with Crippen LogP contribution in [-0.2, 0) is 6.18 Å². The summed E-state index contributed by atoms with van der Waals surface area (Å²) in [6, 6.07) is 5.59. The molecular formula is C22H27F3N4O. The van der Waals surface area contributed by atoms with Gasteiger partial charge in [0, 0.05) is 25.0 Å². The van der Waals surface area contributed by atoms with Crippen LogP contribution in [0, 0.1) is 5.92 Å². The molecule has 2 fully saturated rings. The number of carbonyl (C=O) groups excluding carboxylic acids is 1. The molecule has 1 unspecified atom stereocenters. The highest BCUT2D eigenvalue weighted by Gasteiger charge is 2.35. The quantitative estimate of drug-likeness (QED) is 0.761. The minimum Gasteiger partial charge on any atom is -0.352 e. The predicted octanol–water partition coefficient (Wildman–Crippen LogP) is 4.23. The third-order valence-electron chi connectivity index (χ3n) is 6.03. The van der Waals surface area contributed by atoms with E-state index in [2.05, 4.69) is 29.2 Å². The number of carbonyl (C=O) groups is 1. The fourth-order valence-electron chi connectivity index (χ4n) is 4.13. The monoisotopic (exact) mass is 420 g/mol. The van der Waals surface area contributed by atoms with Crippen molar-refractivity contribution in [2.75, 3.05) is 19.6 Å². The topological polar surface area (TPSA) is 50.2 Å². The van der Waals surface area contributed by atoms with E-state index in [4.69, 9.17) is 0 Å². The van der Waals surface area contributed by atoms with Gasteiger partial charge in [-0.1, -0.05) is 6.07 Å². The average Bonchev–Trinajstić information content (AvgIpc) is 3.26. The lowest BCUT2D eigenvalue weighted by atomic mass is 10.1. The van der Waals surface area contributed by atoms with E-state index < -0.39 is 11.7 Å². The predicted molar refractivity (Wildman–Crippen MR) is 108 cm³/mol.